The van der Waals surface area contributed by atoms with Gasteiger partial charge in [-0.2, -0.15) is 0 Å². The van der Waals surface area contributed by atoms with Gasteiger partial charge in [0.05, 0.1) is 5.56 Å². The van der Waals surface area contributed by atoms with E-state index in [1.807, 2.05) is 30.0 Å². The summed E-state index contributed by atoms with van der Waals surface area (Å²) >= 11 is 3.49. The summed E-state index contributed by atoms with van der Waals surface area (Å²) in [6.07, 6.45) is 2.78. The number of carbonyl (C=O) groups excluding carboxylic acids is 1. The highest BCUT2D eigenvalue weighted by molar-refractivity contribution is 9.10. The molecule has 1 amide bonds. The summed E-state index contributed by atoms with van der Waals surface area (Å²) in [6, 6.07) is 5.69. The Balaban J connectivity index is 2.05. The lowest BCUT2D eigenvalue weighted by atomic mass is 9.93. The van der Waals surface area contributed by atoms with Crippen LogP contribution in [0.2, 0.25) is 0 Å². The average Bonchev–Trinajstić information content (AvgIpc) is 2.47. The molecule has 0 aliphatic carbocycles. The zero-order chi connectivity index (χ0) is 15.4. The first-order valence-corrected chi connectivity index (χ1v) is 8.04. The number of benzene rings is 1. The summed E-state index contributed by atoms with van der Waals surface area (Å²) < 4.78 is 0.850. The number of nitrogens with zero attached hydrogens (tertiary/aromatic N) is 1. The number of hydrogen-bond acceptors (Lipinski definition) is 2. The van der Waals surface area contributed by atoms with E-state index in [9.17, 15) is 9.59 Å². The maximum absolute atomic E-state index is 12.6. The highest BCUT2D eigenvalue weighted by atomic mass is 79.9. The first-order chi connectivity index (χ1) is 9.99. The summed E-state index contributed by atoms with van der Waals surface area (Å²) in [4.78, 5) is 25.2. The van der Waals surface area contributed by atoms with E-state index >= 15 is 0 Å². The van der Waals surface area contributed by atoms with Gasteiger partial charge in [-0.15, -0.1) is 0 Å². The predicted octanol–water partition coefficient (Wildman–Crippen LogP) is 3.47. The minimum absolute atomic E-state index is 0.0330. The van der Waals surface area contributed by atoms with Gasteiger partial charge in [-0.3, -0.25) is 9.59 Å². The third-order valence-electron chi connectivity index (χ3n) is 3.99. The van der Waals surface area contributed by atoms with Gasteiger partial charge in [-0.05, 0) is 59.7 Å². The topological polar surface area (TPSA) is 57.6 Å². The summed E-state index contributed by atoms with van der Waals surface area (Å²) in [6.45, 7) is 3.38. The molecule has 1 fully saturated rings. The molecule has 1 aliphatic rings. The molecule has 0 bridgehead atoms. The van der Waals surface area contributed by atoms with Gasteiger partial charge in [-0.25, -0.2) is 0 Å². The number of piperidine rings is 1. The molecule has 114 valence electrons. The average molecular weight is 354 g/mol. The van der Waals surface area contributed by atoms with Crippen molar-refractivity contribution in [2.45, 2.75) is 32.6 Å². The number of aliphatic carboxylic acids is 1. The van der Waals surface area contributed by atoms with E-state index in [2.05, 4.69) is 15.9 Å². The minimum Gasteiger partial charge on any atom is -0.481 e. The summed E-state index contributed by atoms with van der Waals surface area (Å²) in [5.41, 5.74) is 1.73. The van der Waals surface area contributed by atoms with Gasteiger partial charge >= 0.3 is 5.97 Å². The number of halogens is 1. The second kappa shape index (κ2) is 7.07. The third-order valence-corrected chi connectivity index (χ3v) is 5.05. The molecule has 1 heterocycles. The van der Waals surface area contributed by atoms with Gasteiger partial charge in [0.1, 0.15) is 0 Å². The van der Waals surface area contributed by atoms with Crippen molar-refractivity contribution in [1.82, 2.24) is 4.90 Å². The van der Waals surface area contributed by atoms with E-state index in [1.54, 1.807) is 0 Å². The SMILES string of the molecule is Cc1cccc(C(=O)N2CCCC(CCC(=O)O)C2)c1Br. The van der Waals surface area contributed by atoms with Crippen LogP contribution in [0.25, 0.3) is 0 Å². The van der Waals surface area contributed by atoms with Gasteiger partial charge in [0, 0.05) is 24.0 Å². The Hall–Kier alpha value is -1.36. The predicted molar refractivity (Wildman–Crippen MR) is 84.4 cm³/mol. The first-order valence-electron chi connectivity index (χ1n) is 7.25. The van der Waals surface area contributed by atoms with Crippen molar-refractivity contribution in [3.63, 3.8) is 0 Å². The van der Waals surface area contributed by atoms with Crippen LogP contribution in [0.1, 0.15) is 41.6 Å². The summed E-state index contributed by atoms with van der Waals surface area (Å²) in [7, 11) is 0. The molecule has 0 spiro atoms. The van der Waals surface area contributed by atoms with Crippen molar-refractivity contribution in [1.29, 1.82) is 0 Å². The zero-order valence-electron chi connectivity index (χ0n) is 12.1. The first kappa shape index (κ1) is 16.0. The van der Waals surface area contributed by atoms with Crippen LogP contribution in [0.4, 0.5) is 0 Å². The van der Waals surface area contributed by atoms with E-state index < -0.39 is 5.97 Å². The maximum Gasteiger partial charge on any atom is 0.303 e. The van der Waals surface area contributed by atoms with Crippen molar-refractivity contribution in [2.24, 2.45) is 5.92 Å². The Morgan fingerprint density at radius 1 is 1.43 bits per heavy atom. The van der Waals surface area contributed by atoms with Crippen LogP contribution in [-0.2, 0) is 4.79 Å². The molecule has 0 aromatic heterocycles. The van der Waals surface area contributed by atoms with Gasteiger partial charge in [0.25, 0.3) is 5.91 Å². The lowest BCUT2D eigenvalue weighted by Gasteiger charge is -2.33. The Morgan fingerprint density at radius 2 is 2.19 bits per heavy atom. The minimum atomic E-state index is -0.764. The van der Waals surface area contributed by atoms with E-state index in [1.165, 1.54) is 0 Å². The van der Waals surface area contributed by atoms with Crippen LogP contribution in [-0.4, -0.2) is 35.0 Å². The lowest BCUT2D eigenvalue weighted by molar-refractivity contribution is -0.137. The molecule has 0 saturated carbocycles. The smallest absolute Gasteiger partial charge is 0.303 e. The van der Waals surface area contributed by atoms with Crippen molar-refractivity contribution >= 4 is 27.8 Å². The molecule has 1 saturated heterocycles. The highest BCUT2D eigenvalue weighted by Gasteiger charge is 2.26. The van der Waals surface area contributed by atoms with Gasteiger partial charge < -0.3 is 10.0 Å². The number of carboxylic acid groups (broad SMARTS) is 1. The van der Waals surface area contributed by atoms with E-state index in [-0.39, 0.29) is 12.3 Å². The number of carbonyl (C=O) groups is 2. The highest BCUT2D eigenvalue weighted by Crippen LogP contribution is 2.26. The normalized spacial score (nSPS) is 18.6. The molecule has 1 atom stereocenters. The molecular weight excluding hydrogens is 334 g/mol. The largest absolute Gasteiger partial charge is 0.481 e. The fraction of sp³-hybridized carbons (Fsp3) is 0.500. The van der Waals surface area contributed by atoms with Crippen LogP contribution in [0.15, 0.2) is 22.7 Å². The maximum atomic E-state index is 12.6. The number of aryl methyl sites for hydroxylation is 1. The van der Waals surface area contributed by atoms with Crippen LogP contribution in [0, 0.1) is 12.8 Å². The monoisotopic (exact) mass is 353 g/mol. The van der Waals surface area contributed by atoms with Gasteiger partial charge in [0.15, 0.2) is 0 Å². The number of rotatable bonds is 4. The quantitative estimate of drug-likeness (QED) is 0.901. The Morgan fingerprint density at radius 3 is 2.90 bits per heavy atom. The third kappa shape index (κ3) is 4.06. The molecule has 1 aliphatic heterocycles. The molecule has 0 radical (unpaired) electrons. The summed E-state index contributed by atoms with van der Waals surface area (Å²) in [5, 5.41) is 8.78. The van der Waals surface area contributed by atoms with Crippen LogP contribution in [0.3, 0.4) is 0 Å². The zero-order valence-corrected chi connectivity index (χ0v) is 13.7. The molecule has 4 nitrogen and oxygen atoms in total. The Kier molecular flexibility index (Phi) is 5.39. The fourth-order valence-electron chi connectivity index (χ4n) is 2.80. The fourth-order valence-corrected chi connectivity index (χ4v) is 3.23. The Bertz CT molecular complexity index is 544. The van der Waals surface area contributed by atoms with E-state index in [0.717, 1.165) is 29.4 Å². The van der Waals surface area contributed by atoms with Crippen LogP contribution < -0.4 is 0 Å². The molecule has 1 N–H and O–H groups in total. The van der Waals surface area contributed by atoms with Gasteiger partial charge in [-0.1, -0.05) is 12.1 Å². The van der Waals surface area contributed by atoms with Crippen LogP contribution in [0.5, 0.6) is 0 Å². The van der Waals surface area contributed by atoms with Gasteiger partial charge in [0.2, 0.25) is 0 Å². The Labute approximate surface area is 133 Å². The number of amides is 1. The molecule has 1 aromatic carbocycles. The number of likely N-dealkylation sites (tertiary alicyclic amines) is 1. The van der Waals surface area contributed by atoms with Crippen molar-refractivity contribution in [3.8, 4) is 0 Å². The lowest BCUT2D eigenvalue weighted by Crippen LogP contribution is -2.40. The number of hydrogen-bond donors (Lipinski definition) is 1. The molecule has 1 unspecified atom stereocenters. The molecule has 2 rings (SSSR count). The molecule has 21 heavy (non-hydrogen) atoms. The van der Waals surface area contributed by atoms with Crippen molar-refractivity contribution in [3.05, 3.63) is 33.8 Å². The second-order valence-corrected chi connectivity index (χ2v) is 6.42. The van der Waals surface area contributed by atoms with Crippen LogP contribution >= 0.6 is 15.9 Å². The molecule has 1 aromatic rings. The van der Waals surface area contributed by atoms with E-state index in [4.69, 9.17) is 5.11 Å². The standard InChI is InChI=1S/C16H20BrNO3/c1-11-4-2-6-13(15(11)17)16(21)18-9-3-5-12(10-18)7-8-14(19)20/h2,4,6,12H,3,5,7-10H2,1H3,(H,19,20). The number of carboxylic acids is 1. The molecular formula is C16H20BrNO3. The van der Waals surface area contributed by atoms with Crippen molar-refractivity contribution < 1.29 is 14.7 Å². The summed E-state index contributed by atoms with van der Waals surface area (Å²) in [5.74, 6) is -0.437. The van der Waals surface area contributed by atoms with E-state index in [0.29, 0.717) is 24.4 Å². The molecule has 5 heteroatoms. The van der Waals surface area contributed by atoms with Crippen molar-refractivity contribution in [2.75, 3.05) is 13.1 Å². The second-order valence-electron chi connectivity index (χ2n) is 5.63.